The second-order valence-electron chi connectivity index (χ2n) is 8.23. The molecule has 0 spiro atoms. The number of rotatable bonds is 10. The number of carbonyl (C=O) groups is 5. The van der Waals surface area contributed by atoms with Gasteiger partial charge in [0.15, 0.2) is 5.82 Å². The zero-order valence-electron chi connectivity index (χ0n) is 20.8. The minimum absolute atomic E-state index is 0.00855. The van der Waals surface area contributed by atoms with Crippen LogP contribution < -0.4 is 27.0 Å². The van der Waals surface area contributed by atoms with Gasteiger partial charge in [-0.3, -0.25) is 28.7 Å². The van der Waals surface area contributed by atoms with E-state index in [2.05, 4.69) is 32.9 Å². The summed E-state index contributed by atoms with van der Waals surface area (Å²) in [7, 11) is 4.79. The van der Waals surface area contributed by atoms with E-state index in [9.17, 15) is 24.0 Å². The number of aryl methyl sites for hydroxylation is 3. The summed E-state index contributed by atoms with van der Waals surface area (Å²) in [5.41, 5.74) is 6.42. The summed E-state index contributed by atoms with van der Waals surface area (Å²) in [4.78, 5) is 60.5. The number of nitrogens with one attached hydrogen (secondary N) is 4. The smallest absolute Gasteiger partial charge is 0.274 e. The maximum absolute atomic E-state index is 12.9. The lowest BCUT2D eigenvalue weighted by Gasteiger charge is -2.04. The number of nitrogens with two attached hydrogens (primary N) is 1. The summed E-state index contributed by atoms with van der Waals surface area (Å²) in [5, 5.41) is 14.2. The highest BCUT2D eigenvalue weighted by Gasteiger charge is 2.19. The zero-order valence-corrected chi connectivity index (χ0v) is 21.5. The van der Waals surface area contributed by atoms with E-state index in [-0.39, 0.29) is 40.9 Å². The first-order valence-electron chi connectivity index (χ1n) is 11.1. The Balaban J connectivity index is 1.66. The summed E-state index contributed by atoms with van der Waals surface area (Å²) in [5.74, 6) is -2.51. The quantitative estimate of drug-likeness (QED) is 0.236. The molecule has 0 saturated heterocycles. The minimum Gasteiger partial charge on any atom is -0.370 e. The molecule has 0 aliphatic rings. The largest absolute Gasteiger partial charge is 0.370 e. The summed E-state index contributed by atoms with van der Waals surface area (Å²) in [6.07, 6.45) is 3.12. The maximum Gasteiger partial charge on any atom is 0.274 e. The SMILES string of the molecule is C=C(Cl)C(=O)Nc1cc(C(=O)Nc2cc(C(=O)Nc3cc(C(=O)NCCC(N)=O)n(C)c3)n(C)c2)n(C)n1. The van der Waals surface area contributed by atoms with Crippen molar-refractivity contribution in [1.82, 2.24) is 24.2 Å². The van der Waals surface area contributed by atoms with Crippen molar-refractivity contribution >= 4 is 58.3 Å². The van der Waals surface area contributed by atoms with Crippen LogP contribution in [0.5, 0.6) is 0 Å². The van der Waals surface area contributed by atoms with Gasteiger partial charge in [0, 0.05) is 52.6 Å². The van der Waals surface area contributed by atoms with E-state index in [4.69, 9.17) is 17.3 Å². The van der Waals surface area contributed by atoms with Crippen LogP contribution in [0.25, 0.3) is 0 Å². The molecule has 14 nitrogen and oxygen atoms in total. The molecule has 15 heteroatoms. The predicted octanol–water partition coefficient (Wildman–Crippen LogP) is 0.898. The van der Waals surface area contributed by atoms with Crippen LogP contribution in [0.15, 0.2) is 42.2 Å². The number of amides is 5. The molecule has 3 heterocycles. The fraction of sp³-hybridized carbons (Fsp3) is 0.217. The van der Waals surface area contributed by atoms with Crippen LogP contribution >= 0.6 is 11.6 Å². The first kappa shape index (κ1) is 27.7. The molecule has 0 fully saturated rings. The van der Waals surface area contributed by atoms with Crippen molar-refractivity contribution in [2.45, 2.75) is 6.42 Å². The van der Waals surface area contributed by atoms with Crippen molar-refractivity contribution in [2.75, 3.05) is 22.5 Å². The highest BCUT2D eigenvalue weighted by molar-refractivity contribution is 6.43. The number of hydrogen-bond acceptors (Lipinski definition) is 6. The van der Waals surface area contributed by atoms with Crippen LogP contribution in [-0.2, 0) is 30.7 Å². The van der Waals surface area contributed by atoms with Gasteiger partial charge in [-0.2, -0.15) is 5.10 Å². The average Bonchev–Trinajstić information content (AvgIpc) is 3.49. The van der Waals surface area contributed by atoms with Crippen LogP contribution in [-0.4, -0.2) is 55.0 Å². The molecule has 6 N–H and O–H groups in total. The molecule has 3 rings (SSSR count). The Morgan fingerprint density at radius 2 is 1.39 bits per heavy atom. The van der Waals surface area contributed by atoms with E-state index in [0.29, 0.717) is 11.4 Å². The molecule has 0 aromatic carbocycles. The number of carbonyl (C=O) groups excluding carboxylic acids is 5. The lowest BCUT2D eigenvalue weighted by molar-refractivity contribution is -0.118. The topological polar surface area (TPSA) is 187 Å². The van der Waals surface area contributed by atoms with Crippen LogP contribution in [0.3, 0.4) is 0 Å². The average molecular weight is 544 g/mol. The number of aromatic nitrogens is 4. The molecule has 3 aromatic heterocycles. The lowest BCUT2D eigenvalue weighted by atomic mass is 10.3. The molecular weight excluding hydrogens is 518 g/mol. The van der Waals surface area contributed by atoms with Crippen molar-refractivity contribution in [3.05, 3.63) is 59.3 Å². The highest BCUT2D eigenvalue weighted by Crippen LogP contribution is 2.19. The number of primary amides is 1. The second kappa shape index (κ2) is 11.5. The van der Waals surface area contributed by atoms with Gasteiger partial charge in [-0.1, -0.05) is 18.2 Å². The minimum atomic E-state index is -0.648. The summed E-state index contributed by atoms with van der Waals surface area (Å²) >= 11 is 5.55. The van der Waals surface area contributed by atoms with Crippen molar-refractivity contribution in [1.29, 1.82) is 0 Å². The van der Waals surface area contributed by atoms with Gasteiger partial charge in [0.25, 0.3) is 23.6 Å². The van der Waals surface area contributed by atoms with Gasteiger partial charge in [0.05, 0.1) is 16.4 Å². The molecule has 0 unspecified atom stereocenters. The fourth-order valence-corrected chi connectivity index (χ4v) is 3.47. The molecule has 5 amide bonds. The molecular formula is C23H26ClN9O5. The number of nitrogens with zero attached hydrogens (tertiary/aromatic N) is 4. The van der Waals surface area contributed by atoms with Crippen molar-refractivity contribution in [3.8, 4) is 0 Å². The van der Waals surface area contributed by atoms with E-state index in [1.54, 1.807) is 26.5 Å². The van der Waals surface area contributed by atoms with E-state index in [1.807, 2.05) is 0 Å². The summed E-state index contributed by atoms with van der Waals surface area (Å²) < 4.78 is 4.32. The predicted molar refractivity (Wildman–Crippen MR) is 140 cm³/mol. The van der Waals surface area contributed by atoms with Crippen molar-refractivity contribution in [3.63, 3.8) is 0 Å². The summed E-state index contributed by atoms with van der Waals surface area (Å²) in [6.45, 7) is 3.42. The van der Waals surface area contributed by atoms with Crippen LogP contribution in [0.2, 0.25) is 0 Å². The molecule has 0 aliphatic carbocycles. The van der Waals surface area contributed by atoms with Gasteiger partial charge in [-0.05, 0) is 12.1 Å². The van der Waals surface area contributed by atoms with Gasteiger partial charge in [-0.25, -0.2) is 0 Å². The Labute approximate surface area is 221 Å². The maximum atomic E-state index is 12.9. The molecule has 0 atom stereocenters. The van der Waals surface area contributed by atoms with Gasteiger partial charge < -0.3 is 36.1 Å². The van der Waals surface area contributed by atoms with Gasteiger partial charge in [0.1, 0.15) is 17.1 Å². The molecule has 0 bridgehead atoms. The molecule has 38 heavy (non-hydrogen) atoms. The third-order valence-electron chi connectivity index (χ3n) is 5.25. The number of hydrogen-bond donors (Lipinski definition) is 5. The first-order chi connectivity index (χ1) is 17.8. The monoisotopic (exact) mass is 543 g/mol. The standard InChI is InChI=1S/C23H26ClN9O5/c1-12(24)20(35)29-19-9-17(33(4)30-19)23(38)28-14-8-16(32(3)11-14)22(37)27-13-7-15(31(2)10-13)21(36)26-6-5-18(25)34/h7-11H,1,5-6H2,2-4H3,(H2,25,34)(H,26,36)(H,27,37)(H,28,38)(H,29,30,35). The third-order valence-corrected chi connectivity index (χ3v) is 5.42. The van der Waals surface area contributed by atoms with Gasteiger partial charge >= 0.3 is 0 Å². The van der Waals surface area contributed by atoms with Gasteiger partial charge in [0.2, 0.25) is 5.91 Å². The second-order valence-corrected chi connectivity index (χ2v) is 8.68. The number of halogens is 1. The van der Waals surface area contributed by atoms with Crippen LogP contribution in [0.1, 0.15) is 37.9 Å². The van der Waals surface area contributed by atoms with E-state index in [0.717, 1.165) is 0 Å². The molecule has 3 aromatic rings. The molecule has 0 radical (unpaired) electrons. The van der Waals surface area contributed by atoms with Gasteiger partial charge in [-0.15, -0.1) is 0 Å². The molecule has 200 valence electrons. The third kappa shape index (κ3) is 6.67. The Morgan fingerprint density at radius 3 is 1.92 bits per heavy atom. The van der Waals surface area contributed by atoms with E-state index >= 15 is 0 Å². The first-order valence-corrected chi connectivity index (χ1v) is 11.4. The van der Waals surface area contributed by atoms with Crippen LogP contribution in [0, 0.1) is 0 Å². The van der Waals surface area contributed by atoms with E-state index < -0.39 is 29.5 Å². The lowest BCUT2D eigenvalue weighted by Crippen LogP contribution is -2.29. The fourth-order valence-electron chi connectivity index (χ4n) is 3.42. The van der Waals surface area contributed by atoms with Crippen LogP contribution in [0.4, 0.5) is 17.2 Å². The normalized spacial score (nSPS) is 10.5. The highest BCUT2D eigenvalue weighted by atomic mass is 35.5. The summed E-state index contributed by atoms with van der Waals surface area (Å²) in [6, 6.07) is 4.33. The Hall–Kier alpha value is -4.85. The number of anilines is 3. The van der Waals surface area contributed by atoms with E-state index in [1.165, 1.54) is 39.1 Å². The Morgan fingerprint density at radius 1 is 0.868 bits per heavy atom. The van der Waals surface area contributed by atoms with Crippen molar-refractivity contribution in [2.24, 2.45) is 26.9 Å². The molecule has 0 aliphatic heterocycles. The Kier molecular flexibility index (Phi) is 8.37. The molecule has 0 saturated carbocycles. The Bertz CT molecular complexity index is 1450. The zero-order chi connectivity index (χ0) is 28.1. The van der Waals surface area contributed by atoms with Crippen molar-refractivity contribution < 1.29 is 24.0 Å².